The zero-order chi connectivity index (χ0) is 15.5. The van der Waals surface area contributed by atoms with Crippen molar-refractivity contribution >= 4 is 5.91 Å². The van der Waals surface area contributed by atoms with E-state index in [-0.39, 0.29) is 24.3 Å². The van der Waals surface area contributed by atoms with E-state index in [1.54, 1.807) is 24.7 Å². The zero-order valence-corrected chi connectivity index (χ0v) is 13.4. The third-order valence-corrected chi connectivity index (χ3v) is 4.00. The van der Waals surface area contributed by atoms with Crippen molar-refractivity contribution < 1.29 is 9.90 Å². The fraction of sp³-hybridized carbons (Fsp3) is 0.733. The van der Waals surface area contributed by atoms with Gasteiger partial charge in [-0.05, 0) is 24.8 Å². The van der Waals surface area contributed by atoms with E-state index in [1.807, 2.05) is 27.7 Å². The van der Waals surface area contributed by atoms with E-state index in [9.17, 15) is 9.90 Å². The molecular formula is C15H27N3O2. The number of aliphatic hydroxyl groups is 1. The highest BCUT2D eigenvalue weighted by Gasteiger charge is 2.28. The average molecular weight is 281 g/mol. The number of nitrogens with zero attached hydrogens (tertiary/aromatic N) is 2. The Morgan fingerprint density at radius 2 is 2.10 bits per heavy atom. The van der Waals surface area contributed by atoms with Gasteiger partial charge in [-0.3, -0.25) is 9.48 Å². The van der Waals surface area contributed by atoms with Gasteiger partial charge < -0.3 is 10.4 Å². The summed E-state index contributed by atoms with van der Waals surface area (Å²) < 4.78 is 1.59. The lowest BCUT2D eigenvalue weighted by Crippen LogP contribution is -2.45. The maximum atomic E-state index is 12.2. The predicted molar refractivity (Wildman–Crippen MR) is 79.7 cm³/mol. The molecule has 0 aliphatic heterocycles. The third-order valence-electron chi connectivity index (χ3n) is 4.00. The molecule has 0 aromatic carbocycles. The first-order chi connectivity index (χ1) is 9.19. The van der Waals surface area contributed by atoms with Crippen LogP contribution in [0, 0.1) is 5.92 Å². The summed E-state index contributed by atoms with van der Waals surface area (Å²) in [7, 11) is 1.76. The molecule has 2 N–H and O–H groups in total. The van der Waals surface area contributed by atoms with Gasteiger partial charge in [-0.15, -0.1) is 0 Å². The highest BCUT2D eigenvalue weighted by atomic mass is 16.3. The van der Waals surface area contributed by atoms with Gasteiger partial charge in [-0.2, -0.15) is 5.10 Å². The summed E-state index contributed by atoms with van der Waals surface area (Å²) in [6.45, 7) is 10.1. The van der Waals surface area contributed by atoms with Gasteiger partial charge in [0.2, 0.25) is 0 Å². The van der Waals surface area contributed by atoms with Crippen molar-refractivity contribution in [2.24, 2.45) is 13.0 Å². The van der Waals surface area contributed by atoms with Crippen molar-refractivity contribution in [2.45, 2.75) is 52.6 Å². The van der Waals surface area contributed by atoms with Gasteiger partial charge in [0, 0.05) is 13.6 Å². The summed E-state index contributed by atoms with van der Waals surface area (Å²) in [5.74, 6) is 0.210. The Morgan fingerprint density at radius 1 is 1.50 bits per heavy atom. The summed E-state index contributed by atoms with van der Waals surface area (Å²) >= 11 is 0. The molecule has 1 amide bonds. The maximum absolute atomic E-state index is 12.2. The van der Waals surface area contributed by atoms with Crippen LogP contribution in [-0.4, -0.2) is 32.9 Å². The fourth-order valence-electron chi connectivity index (χ4n) is 1.95. The van der Waals surface area contributed by atoms with E-state index in [1.165, 1.54) is 0 Å². The minimum atomic E-state index is -0.899. The largest absolute Gasteiger partial charge is 0.388 e. The number of hydrogen-bond donors (Lipinski definition) is 2. The molecule has 2 atom stereocenters. The van der Waals surface area contributed by atoms with Gasteiger partial charge in [0.1, 0.15) is 5.69 Å². The molecule has 0 aliphatic rings. The fourth-order valence-corrected chi connectivity index (χ4v) is 1.95. The van der Waals surface area contributed by atoms with E-state index in [4.69, 9.17) is 0 Å². The molecule has 1 aromatic rings. The lowest BCUT2D eigenvalue weighted by atomic mass is 9.88. The van der Waals surface area contributed by atoms with Crippen LogP contribution in [0.2, 0.25) is 0 Å². The lowest BCUT2D eigenvalue weighted by molar-refractivity contribution is 0.00583. The number of aryl methyl sites for hydroxylation is 1. The van der Waals surface area contributed by atoms with Gasteiger partial charge in [-0.1, -0.05) is 34.1 Å². The molecule has 5 heteroatoms. The van der Waals surface area contributed by atoms with Gasteiger partial charge in [0.05, 0.1) is 11.3 Å². The molecule has 2 unspecified atom stereocenters. The topological polar surface area (TPSA) is 67.2 Å². The number of hydrogen-bond acceptors (Lipinski definition) is 3. The van der Waals surface area contributed by atoms with Crippen LogP contribution < -0.4 is 5.32 Å². The molecule has 114 valence electrons. The summed E-state index contributed by atoms with van der Waals surface area (Å²) in [6, 6.07) is 1.80. The Kier molecular flexibility index (Phi) is 5.34. The number of amides is 1. The van der Waals surface area contributed by atoms with E-state index < -0.39 is 5.60 Å². The van der Waals surface area contributed by atoms with Crippen LogP contribution in [0.15, 0.2) is 6.07 Å². The van der Waals surface area contributed by atoms with Crippen LogP contribution in [0.5, 0.6) is 0 Å². The van der Waals surface area contributed by atoms with Crippen LogP contribution in [0.4, 0.5) is 0 Å². The van der Waals surface area contributed by atoms with Crippen molar-refractivity contribution in [3.8, 4) is 0 Å². The summed E-state index contributed by atoms with van der Waals surface area (Å²) in [4.78, 5) is 12.2. The quantitative estimate of drug-likeness (QED) is 0.839. The van der Waals surface area contributed by atoms with E-state index in [2.05, 4.69) is 10.4 Å². The van der Waals surface area contributed by atoms with Crippen molar-refractivity contribution in [3.63, 3.8) is 0 Å². The monoisotopic (exact) mass is 281 g/mol. The molecule has 0 saturated heterocycles. The van der Waals surface area contributed by atoms with Crippen LogP contribution in [0.1, 0.15) is 63.1 Å². The van der Waals surface area contributed by atoms with Crippen molar-refractivity contribution in [1.82, 2.24) is 15.1 Å². The third kappa shape index (κ3) is 3.82. The van der Waals surface area contributed by atoms with Crippen LogP contribution in [-0.2, 0) is 7.05 Å². The number of carbonyl (C=O) groups is 1. The van der Waals surface area contributed by atoms with Crippen LogP contribution in [0.25, 0.3) is 0 Å². The summed E-state index contributed by atoms with van der Waals surface area (Å²) in [6.07, 6.45) is 0.867. The second-order valence-electron chi connectivity index (χ2n) is 6.08. The Morgan fingerprint density at radius 3 is 2.55 bits per heavy atom. The van der Waals surface area contributed by atoms with E-state index in [0.29, 0.717) is 5.69 Å². The number of aromatic nitrogens is 2. The van der Waals surface area contributed by atoms with Gasteiger partial charge in [0.25, 0.3) is 5.91 Å². The van der Waals surface area contributed by atoms with Gasteiger partial charge in [-0.25, -0.2) is 0 Å². The molecule has 0 aliphatic carbocycles. The molecule has 0 radical (unpaired) electrons. The first-order valence-corrected chi connectivity index (χ1v) is 7.23. The first kappa shape index (κ1) is 16.7. The second-order valence-corrected chi connectivity index (χ2v) is 6.08. The maximum Gasteiger partial charge on any atom is 0.269 e. The molecule has 1 rings (SSSR count). The lowest BCUT2D eigenvalue weighted by Gasteiger charge is -2.29. The Hall–Kier alpha value is -1.36. The molecule has 0 fully saturated rings. The average Bonchev–Trinajstić information content (AvgIpc) is 2.77. The Balaban J connectivity index is 2.73. The second kappa shape index (κ2) is 6.39. The smallest absolute Gasteiger partial charge is 0.269 e. The zero-order valence-electron chi connectivity index (χ0n) is 13.4. The minimum absolute atomic E-state index is 0.126. The van der Waals surface area contributed by atoms with Gasteiger partial charge >= 0.3 is 0 Å². The number of rotatable bonds is 6. The van der Waals surface area contributed by atoms with E-state index in [0.717, 1.165) is 12.1 Å². The molecule has 0 spiro atoms. The number of carbonyl (C=O) groups excluding carboxylic acids is 1. The highest BCUT2D eigenvalue weighted by molar-refractivity contribution is 5.92. The molecule has 20 heavy (non-hydrogen) atoms. The van der Waals surface area contributed by atoms with Crippen molar-refractivity contribution in [3.05, 3.63) is 17.5 Å². The summed E-state index contributed by atoms with van der Waals surface area (Å²) in [5.41, 5.74) is 0.518. The van der Waals surface area contributed by atoms with E-state index >= 15 is 0 Å². The van der Waals surface area contributed by atoms with Crippen molar-refractivity contribution in [2.75, 3.05) is 6.54 Å². The normalized spacial score (nSPS) is 16.0. The SMILES string of the molecule is CCC(C)C(C)(O)CNC(=O)c1cc(C(C)C)nn1C. The molecule has 0 bridgehead atoms. The van der Waals surface area contributed by atoms with Crippen molar-refractivity contribution in [1.29, 1.82) is 0 Å². The molecular weight excluding hydrogens is 254 g/mol. The molecule has 5 nitrogen and oxygen atoms in total. The minimum Gasteiger partial charge on any atom is -0.388 e. The van der Waals surface area contributed by atoms with Crippen LogP contribution >= 0.6 is 0 Å². The summed E-state index contributed by atoms with van der Waals surface area (Å²) in [5, 5.41) is 17.4. The molecule has 1 aromatic heterocycles. The predicted octanol–water partition coefficient (Wildman–Crippen LogP) is 2.07. The first-order valence-electron chi connectivity index (χ1n) is 7.23. The highest BCUT2D eigenvalue weighted by Crippen LogP contribution is 2.19. The Bertz CT molecular complexity index is 464. The molecule has 0 saturated carbocycles. The standard InChI is InChI=1S/C15H27N3O2/c1-7-11(4)15(5,20)9-16-14(19)13-8-12(10(2)3)17-18(13)6/h8,10-11,20H,7,9H2,1-6H3,(H,16,19). The van der Waals surface area contributed by atoms with Crippen LogP contribution in [0.3, 0.4) is 0 Å². The Labute approximate surface area is 121 Å². The van der Waals surface area contributed by atoms with Gasteiger partial charge in [0.15, 0.2) is 0 Å². The molecule has 1 heterocycles. The number of nitrogens with one attached hydrogen (secondary N) is 1.